The SMILES string of the molecule is C#CCn1c(=NC(=O)c2ccc3ccccc3c2)sc2ccc([N+](=O)[O-])cc21. The Kier molecular flexibility index (Phi) is 4.47. The van der Waals surface area contributed by atoms with Gasteiger partial charge in [-0.1, -0.05) is 47.6 Å². The molecule has 4 aromatic rings. The van der Waals surface area contributed by atoms with Crippen molar-refractivity contribution in [2.24, 2.45) is 4.99 Å². The summed E-state index contributed by atoms with van der Waals surface area (Å²) in [7, 11) is 0. The summed E-state index contributed by atoms with van der Waals surface area (Å²) < 4.78 is 2.41. The van der Waals surface area contributed by atoms with E-state index < -0.39 is 10.8 Å². The third-order valence-electron chi connectivity index (χ3n) is 4.32. The third-order valence-corrected chi connectivity index (χ3v) is 5.38. The third kappa shape index (κ3) is 3.17. The monoisotopic (exact) mass is 387 g/mol. The van der Waals surface area contributed by atoms with Crippen molar-refractivity contribution < 1.29 is 9.72 Å². The summed E-state index contributed by atoms with van der Waals surface area (Å²) in [6.07, 6.45) is 5.45. The Morgan fingerprint density at radius 2 is 1.93 bits per heavy atom. The van der Waals surface area contributed by atoms with Gasteiger partial charge in [0.2, 0.25) is 0 Å². The quantitative estimate of drug-likeness (QED) is 0.301. The Morgan fingerprint density at radius 3 is 2.68 bits per heavy atom. The molecule has 0 saturated heterocycles. The summed E-state index contributed by atoms with van der Waals surface area (Å²) in [6.45, 7) is 0.158. The molecule has 136 valence electrons. The maximum absolute atomic E-state index is 12.7. The molecule has 0 aliphatic carbocycles. The van der Waals surface area contributed by atoms with Crippen LogP contribution >= 0.6 is 11.3 Å². The summed E-state index contributed by atoms with van der Waals surface area (Å²) in [5.74, 6) is 2.13. The molecule has 0 bridgehead atoms. The molecule has 0 atom stereocenters. The highest BCUT2D eigenvalue weighted by Gasteiger charge is 2.13. The lowest BCUT2D eigenvalue weighted by atomic mass is 10.1. The first kappa shape index (κ1) is 17.6. The molecule has 0 aliphatic rings. The number of aromatic nitrogens is 1. The highest BCUT2D eigenvalue weighted by Crippen LogP contribution is 2.23. The fourth-order valence-electron chi connectivity index (χ4n) is 2.97. The van der Waals surface area contributed by atoms with E-state index in [4.69, 9.17) is 6.42 Å². The molecule has 0 saturated carbocycles. The van der Waals surface area contributed by atoms with Crippen molar-refractivity contribution in [3.63, 3.8) is 0 Å². The van der Waals surface area contributed by atoms with Crippen LogP contribution in [0.5, 0.6) is 0 Å². The summed E-state index contributed by atoms with van der Waals surface area (Å²) >= 11 is 1.27. The molecule has 7 heteroatoms. The predicted molar refractivity (Wildman–Crippen MR) is 109 cm³/mol. The smallest absolute Gasteiger partial charge is 0.279 e. The Hall–Kier alpha value is -3.76. The number of benzene rings is 3. The van der Waals surface area contributed by atoms with Gasteiger partial charge in [-0.25, -0.2) is 0 Å². The summed E-state index contributed by atoms with van der Waals surface area (Å²) in [5, 5.41) is 13.1. The topological polar surface area (TPSA) is 77.5 Å². The first-order valence-corrected chi connectivity index (χ1v) is 9.17. The van der Waals surface area contributed by atoms with E-state index >= 15 is 0 Å². The zero-order valence-electron chi connectivity index (χ0n) is 14.5. The first-order chi connectivity index (χ1) is 13.6. The van der Waals surface area contributed by atoms with Crippen molar-refractivity contribution in [1.29, 1.82) is 0 Å². The normalized spacial score (nSPS) is 11.6. The minimum atomic E-state index is -0.464. The van der Waals surface area contributed by atoms with E-state index in [0.717, 1.165) is 15.5 Å². The minimum Gasteiger partial charge on any atom is -0.304 e. The van der Waals surface area contributed by atoms with Gasteiger partial charge in [-0.05, 0) is 29.0 Å². The average molecular weight is 387 g/mol. The molecule has 1 heterocycles. The number of rotatable bonds is 3. The molecule has 1 amide bonds. The van der Waals surface area contributed by atoms with Crippen LogP contribution in [0.3, 0.4) is 0 Å². The van der Waals surface area contributed by atoms with Crippen LogP contribution in [0, 0.1) is 22.5 Å². The highest BCUT2D eigenvalue weighted by molar-refractivity contribution is 7.16. The maximum Gasteiger partial charge on any atom is 0.279 e. The largest absolute Gasteiger partial charge is 0.304 e. The second kappa shape index (κ2) is 7.10. The van der Waals surface area contributed by atoms with Gasteiger partial charge in [0.1, 0.15) is 0 Å². The van der Waals surface area contributed by atoms with Crippen molar-refractivity contribution in [2.45, 2.75) is 6.54 Å². The van der Waals surface area contributed by atoms with Crippen LogP contribution in [0.15, 0.2) is 65.7 Å². The van der Waals surface area contributed by atoms with E-state index in [2.05, 4.69) is 10.9 Å². The van der Waals surface area contributed by atoms with E-state index in [0.29, 0.717) is 15.9 Å². The first-order valence-electron chi connectivity index (χ1n) is 8.36. The van der Waals surface area contributed by atoms with E-state index in [1.54, 1.807) is 22.8 Å². The zero-order chi connectivity index (χ0) is 19.7. The van der Waals surface area contributed by atoms with Gasteiger partial charge in [0.15, 0.2) is 4.80 Å². The molecule has 4 rings (SSSR count). The fourth-order valence-corrected chi connectivity index (χ4v) is 3.98. The number of nitro groups is 1. The number of terminal acetylenes is 1. The van der Waals surface area contributed by atoms with Gasteiger partial charge >= 0.3 is 0 Å². The molecular weight excluding hydrogens is 374 g/mol. The number of nitrogens with zero attached hydrogens (tertiary/aromatic N) is 3. The van der Waals surface area contributed by atoms with Gasteiger partial charge in [0.25, 0.3) is 11.6 Å². The molecule has 0 N–H and O–H groups in total. The van der Waals surface area contributed by atoms with Crippen molar-refractivity contribution in [3.8, 4) is 12.3 Å². The average Bonchev–Trinajstić information content (AvgIpc) is 3.04. The van der Waals surface area contributed by atoms with Crippen LogP contribution in [0.25, 0.3) is 21.0 Å². The Labute approximate surface area is 163 Å². The number of hydrogen-bond acceptors (Lipinski definition) is 4. The van der Waals surface area contributed by atoms with Crippen LogP contribution in [-0.4, -0.2) is 15.4 Å². The minimum absolute atomic E-state index is 0.0384. The van der Waals surface area contributed by atoms with E-state index in [1.807, 2.05) is 30.3 Å². The molecule has 28 heavy (non-hydrogen) atoms. The lowest BCUT2D eigenvalue weighted by Crippen LogP contribution is -2.16. The van der Waals surface area contributed by atoms with Crippen LogP contribution in [-0.2, 0) is 6.54 Å². The van der Waals surface area contributed by atoms with Crippen LogP contribution < -0.4 is 4.80 Å². The van der Waals surface area contributed by atoms with Gasteiger partial charge in [0.05, 0.1) is 21.7 Å². The molecule has 6 nitrogen and oxygen atoms in total. The number of carbonyl (C=O) groups is 1. The van der Waals surface area contributed by atoms with E-state index in [9.17, 15) is 14.9 Å². The molecule has 0 spiro atoms. The van der Waals surface area contributed by atoms with Crippen molar-refractivity contribution in [2.75, 3.05) is 0 Å². The van der Waals surface area contributed by atoms with Crippen molar-refractivity contribution >= 4 is 43.9 Å². The Bertz CT molecular complexity index is 1360. The molecule has 0 aliphatic heterocycles. The molecule has 0 radical (unpaired) electrons. The fraction of sp³-hybridized carbons (Fsp3) is 0.0476. The Morgan fingerprint density at radius 1 is 1.14 bits per heavy atom. The van der Waals surface area contributed by atoms with Crippen LogP contribution in [0.2, 0.25) is 0 Å². The number of nitro benzene ring substituents is 1. The lowest BCUT2D eigenvalue weighted by molar-refractivity contribution is -0.384. The van der Waals surface area contributed by atoms with Gasteiger partial charge in [-0.2, -0.15) is 4.99 Å². The van der Waals surface area contributed by atoms with Gasteiger partial charge in [-0.3, -0.25) is 14.9 Å². The van der Waals surface area contributed by atoms with E-state index in [-0.39, 0.29) is 12.2 Å². The van der Waals surface area contributed by atoms with Gasteiger partial charge in [0, 0.05) is 17.7 Å². The molecule has 1 aromatic heterocycles. The maximum atomic E-state index is 12.7. The predicted octanol–water partition coefficient (Wildman–Crippen LogP) is 4.14. The number of thiazole rings is 1. The van der Waals surface area contributed by atoms with Gasteiger partial charge in [-0.15, -0.1) is 6.42 Å². The number of fused-ring (bicyclic) bond motifs is 2. The standard InChI is InChI=1S/C21H13N3O3S/c1-2-11-23-18-13-17(24(26)27)9-10-19(18)28-21(23)22-20(25)16-8-7-14-5-3-4-6-15(14)12-16/h1,3-10,12-13H,11H2. The number of non-ortho nitro benzene ring substituents is 1. The Balaban J connectivity index is 1.85. The number of hydrogen-bond donors (Lipinski definition) is 0. The number of carbonyl (C=O) groups excluding carboxylic acids is 1. The highest BCUT2D eigenvalue weighted by atomic mass is 32.1. The molecule has 0 unspecified atom stereocenters. The number of amides is 1. The second-order valence-corrected chi connectivity index (χ2v) is 7.07. The summed E-state index contributed by atoms with van der Waals surface area (Å²) in [6, 6.07) is 17.7. The van der Waals surface area contributed by atoms with Crippen LogP contribution in [0.1, 0.15) is 10.4 Å². The van der Waals surface area contributed by atoms with E-state index in [1.165, 1.54) is 23.5 Å². The molecule has 0 fully saturated rings. The second-order valence-electron chi connectivity index (χ2n) is 6.06. The lowest BCUT2D eigenvalue weighted by Gasteiger charge is -2.01. The van der Waals surface area contributed by atoms with Gasteiger partial charge < -0.3 is 4.57 Å². The molecule has 3 aromatic carbocycles. The molecular formula is C21H13N3O3S. The van der Waals surface area contributed by atoms with Crippen LogP contribution in [0.4, 0.5) is 5.69 Å². The summed E-state index contributed by atoms with van der Waals surface area (Å²) in [4.78, 5) is 28.0. The summed E-state index contributed by atoms with van der Waals surface area (Å²) in [5.41, 5.74) is 1.01. The zero-order valence-corrected chi connectivity index (χ0v) is 15.3. The van der Waals surface area contributed by atoms with Crippen molar-refractivity contribution in [1.82, 2.24) is 4.57 Å². The van der Waals surface area contributed by atoms with Crippen molar-refractivity contribution in [3.05, 3.63) is 81.1 Å².